The second-order valence-corrected chi connectivity index (χ2v) is 8.47. The lowest BCUT2D eigenvalue weighted by Crippen LogP contribution is -2.16. The molecule has 0 bridgehead atoms. The summed E-state index contributed by atoms with van der Waals surface area (Å²) >= 11 is 2.29. The van der Waals surface area contributed by atoms with E-state index in [2.05, 4.69) is 15.5 Å². The predicted molar refractivity (Wildman–Crippen MR) is 117 cm³/mol. The quantitative estimate of drug-likeness (QED) is 0.234. The number of rotatable bonds is 7. The van der Waals surface area contributed by atoms with Gasteiger partial charge in [0.15, 0.2) is 10.1 Å². The van der Waals surface area contributed by atoms with Crippen molar-refractivity contribution in [2.45, 2.75) is 9.24 Å². The number of benzene rings is 2. The molecule has 0 saturated carbocycles. The number of fused-ring (bicyclic) bond motifs is 1. The molecule has 0 atom stereocenters. The molecule has 160 valence electrons. The first-order chi connectivity index (χ1) is 15.4. The minimum Gasteiger partial charge on any atom is -0.459 e. The van der Waals surface area contributed by atoms with Gasteiger partial charge in [-0.25, -0.2) is 10.4 Å². The largest absolute Gasteiger partial charge is 0.459 e. The zero-order chi connectivity index (χ0) is 22.7. The Morgan fingerprint density at radius 1 is 1.16 bits per heavy atom. The fraction of sp³-hybridized carbons (Fsp3) is 0. The van der Waals surface area contributed by atoms with E-state index in [9.17, 15) is 25.0 Å². The first-order valence-corrected chi connectivity index (χ1v) is 10.4. The molecule has 0 fully saturated rings. The Hall–Kier alpha value is -4.10. The molecule has 11 nitrogen and oxygen atoms in total. The number of thiazole rings is 1. The van der Waals surface area contributed by atoms with E-state index in [4.69, 9.17) is 4.42 Å². The van der Waals surface area contributed by atoms with E-state index in [0.29, 0.717) is 25.0 Å². The summed E-state index contributed by atoms with van der Waals surface area (Å²) in [5, 5.41) is 26.3. The third kappa shape index (κ3) is 4.63. The number of hydrazone groups is 1. The molecule has 1 N–H and O–H groups in total. The molecule has 2 heterocycles. The Labute approximate surface area is 187 Å². The van der Waals surface area contributed by atoms with Crippen molar-refractivity contribution in [1.82, 2.24) is 10.4 Å². The number of carbonyl (C=O) groups excluding carboxylic acids is 1. The van der Waals surface area contributed by atoms with Crippen molar-refractivity contribution in [3.63, 3.8) is 0 Å². The smallest absolute Gasteiger partial charge is 0.307 e. The molecule has 0 aliphatic carbocycles. The first kappa shape index (κ1) is 21.1. The van der Waals surface area contributed by atoms with Gasteiger partial charge in [-0.05, 0) is 24.3 Å². The molecule has 0 unspecified atom stereocenters. The van der Waals surface area contributed by atoms with Crippen LogP contribution in [0.25, 0.3) is 10.2 Å². The number of nitro benzene ring substituents is 2. The zero-order valence-corrected chi connectivity index (χ0v) is 17.5. The van der Waals surface area contributed by atoms with Gasteiger partial charge in [0.05, 0.1) is 37.4 Å². The van der Waals surface area contributed by atoms with Gasteiger partial charge in [-0.3, -0.25) is 25.0 Å². The molecule has 0 spiro atoms. The van der Waals surface area contributed by atoms with Gasteiger partial charge >= 0.3 is 5.91 Å². The van der Waals surface area contributed by atoms with Crippen LogP contribution >= 0.6 is 23.1 Å². The number of non-ortho nitro benzene ring substituents is 1. The van der Waals surface area contributed by atoms with Crippen LogP contribution in [0.4, 0.5) is 11.4 Å². The van der Waals surface area contributed by atoms with E-state index in [1.165, 1.54) is 48.1 Å². The van der Waals surface area contributed by atoms with Gasteiger partial charge in [-0.1, -0.05) is 17.8 Å². The maximum absolute atomic E-state index is 11.8. The summed E-state index contributed by atoms with van der Waals surface area (Å²) in [6.07, 6.45) is 2.63. The summed E-state index contributed by atoms with van der Waals surface area (Å²) in [4.78, 5) is 38.0. The maximum Gasteiger partial charge on any atom is 0.307 e. The second-order valence-electron chi connectivity index (χ2n) is 6.15. The zero-order valence-electron chi connectivity index (χ0n) is 15.8. The molecule has 0 aliphatic heterocycles. The molecular formula is C19H11N5O6S2. The van der Waals surface area contributed by atoms with Crippen LogP contribution in [-0.2, 0) is 0 Å². The highest BCUT2D eigenvalue weighted by molar-refractivity contribution is 8.01. The van der Waals surface area contributed by atoms with Crippen molar-refractivity contribution in [3.05, 3.63) is 86.3 Å². The maximum atomic E-state index is 11.8. The van der Waals surface area contributed by atoms with Crippen molar-refractivity contribution in [2.24, 2.45) is 5.10 Å². The van der Waals surface area contributed by atoms with E-state index in [-0.39, 0.29) is 17.1 Å². The summed E-state index contributed by atoms with van der Waals surface area (Å²) in [7, 11) is 0. The molecule has 32 heavy (non-hydrogen) atoms. The molecule has 1 amide bonds. The number of hydrogen-bond donors (Lipinski definition) is 1. The Morgan fingerprint density at radius 3 is 2.72 bits per heavy atom. The van der Waals surface area contributed by atoms with E-state index in [1.54, 1.807) is 24.3 Å². The minimum atomic E-state index is -0.552. The highest BCUT2D eigenvalue weighted by atomic mass is 32.2. The van der Waals surface area contributed by atoms with Gasteiger partial charge in [0, 0.05) is 23.8 Å². The average molecular weight is 469 g/mol. The number of nitro groups is 2. The van der Waals surface area contributed by atoms with Crippen molar-refractivity contribution in [1.29, 1.82) is 0 Å². The number of carbonyl (C=O) groups is 1. The number of nitrogens with one attached hydrogen (secondary N) is 1. The van der Waals surface area contributed by atoms with Crippen molar-refractivity contribution in [2.75, 3.05) is 0 Å². The second kappa shape index (κ2) is 8.95. The van der Waals surface area contributed by atoms with E-state index in [1.807, 2.05) is 0 Å². The molecule has 2 aromatic heterocycles. The topological polar surface area (TPSA) is 154 Å². The lowest BCUT2D eigenvalue weighted by molar-refractivity contribution is -0.387. The minimum absolute atomic E-state index is 0.0496. The van der Waals surface area contributed by atoms with Crippen LogP contribution in [-0.4, -0.2) is 27.0 Å². The molecule has 4 aromatic rings. The van der Waals surface area contributed by atoms with Crippen LogP contribution < -0.4 is 5.43 Å². The molecule has 0 radical (unpaired) electrons. The standard InChI is InChI=1S/C19H11N5O6S2/c25-18(15-2-1-7-30-15)22-20-10-11-3-6-16(14(8-11)24(28)29)31-19-21-13-5-4-12(23(26)27)9-17(13)32-19/h1-10H,(H,22,25)/b20-10-. The highest BCUT2D eigenvalue weighted by Crippen LogP contribution is 2.39. The monoisotopic (exact) mass is 469 g/mol. The van der Waals surface area contributed by atoms with Gasteiger partial charge < -0.3 is 4.42 Å². The first-order valence-electron chi connectivity index (χ1n) is 8.79. The fourth-order valence-corrected chi connectivity index (χ4v) is 4.76. The van der Waals surface area contributed by atoms with Crippen LogP contribution in [0.5, 0.6) is 0 Å². The third-order valence-electron chi connectivity index (χ3n) is 4.06. The Morgan fingerprint density at radius 2 is 2.00 bits per heavy atom. The van der Waals surface area contributed by atoms with Gasteiger partial charge in [-0.2, -0.15) is 5.10 Å². The number of aromatic nitrogens is 1. The van der Waals surface area contributed by atoms with Crippen molar-refractivity contribution in [3.8, 4) is 0 Å². The van der Waals surface area contributed by atoms with Crippen LogP contribution in [0, 0.1) is 20.2 Å². The summed E-state index contributed by atoms with van der Waals surface area (Å²) in [6.45, 7) is 0. The summed E-state index contributed by atoms with van der Waals surface area (Å²) in [5.41, 5.74) is 3.03. The van der Waals surface area contributed by atoms with E-state index >= 15 is 0 Å². The predicted octanol–water partition coefficient (Wildman–Crippen LogP) is 4.62. The highest BCUT2D eigenvalue weighted by Gasteiger charge is 2.18. The molecule has 13 heteroatoms. The normalized spacial score (nSPS) is 11.1. The number of furan rings is 1. The van der Waals surface area contributed by atoms with Crippen LogP contribution in [0.2, 0.25) is 0 Å². The van der Waals surface area contributed by atoms with Crippen molar-refractivity contribution < 1.29 is 19.1 Å². The van der Waals surface area contributed by atoms with Gasteiger partial charge in [0.2, 0.25) is 0 Å². The number of nitrogens with zero attached hydrogens (tertiary/aromatic N) is 4. The number of amides is 1. The van der Waals surface area contributed by atoms with Crippen LogP contribution in [0.15, 0.2) is 73.5 Å². The van der Waals surface area contributed by atoms with Gasteiger partial charge in [-0.15, -0.1) is 11.3 Å². The Kier molecular flexibility index (Phi) is 5.91. The Balaban J connectivity index is 1.53. The fourth-order valence-electron chi connectivity index (χ4n) is 2.62. The van der Waals surface area contributed by atoms with Crippen molar-refractivity contribution >= 4 is 56.8 Å². The summed E-state index contributed by atoms with van der Waals surface area (Å²) in [6, 6.07) is 11.8. The molecule has 0 saturated heterocycles. The molecule has 2 aromatic carbocycles. The van der Waals surface area contributed by atoms with Crippen LogP contribution in [0.3, 0.4) is 0 Å². The van der Waals surface area contributed by atoms with Gasteiger partial charge in [0.25, 0.3) is 11.4 Å². The molecular weight excluding hydrogens is 458 g/mol. The molecule has 4 rings (SSSR count). The average Bonchev–Trinajstić information content (AvgIpc) is 3.43. The van der Waals surface area contributed by atoms with E-state index in [0.717, 1.165) is 11.8 Å². The molecule has 0 aliphatic rings. The summed E-state index contributed by atoms with van der Waals surface area (Å²) in [5.74, 6) is -0.468. The van der Waals surface area contributed by atoms with Gasteiger partial charge in [0.1, 0.15) is 0 Å². The lowest BCUT2D eigenvalue weighted by atomic mass is 10.2. The lowest BCUT2D eigenvalue weighted by Gasteiger charge is -2.02. The Bertz CT molecular complexity index is 1370. The SMILES string of the molecule is O=C(N/N=C\c1ccc(Sc2nc3ccc([N+](=O)[O-])cc3s2)c([N+](=O)[O-])c1)c1ccco1. The number of hydrogen-bond acceptors (Lipinski definition) is 10. The van der Waals surface area contributed by atoms with Crippen LogP contribution in [0.1, 0.15) is 16.1 Å². The third-order valence-corrected chi connectivity index (χ3v) is 6.21. The van der Waals surface area contributed by atoms with E-state index < -0.39 is 15.8 Å². The summed E-state index contributed by atoms with van der Waals surface area (Å²) < 4.78 is 6.07.